The van der Waals surface area contributed by atoms with E-state index in [0.717, 1.165) is 11.1 Å². The molecule has 4 nitrogen and oxygen atoms in total. The molecule has 0 spiro atoms. The van der Waals surface area contributed by atoms with Gasteiger partial charge >= 0.3 is 7.82 Å². The first kappa shape index (κ1) is 23.9. The molecule has 3 aromatic rings. The van der Waals surface area contributed by atoms with Crippen LogP contribution in [0.3, 0.4) is 0 Å². The standard InChI is InChI=1S/C22H16Cl5O4P/c1-12-3-6-18(13(2)9-12)29-32(28)30-19-7-4-14(23)10-16(19)21(22(25,26)27)17-11-15(24)5-8-20(17)31-32/h3-11,21H,1-2H3. The first-order valence-electron chi connectivity index (χ1n) is 9.37. The fourth-order valence-electron chi connectivity index (χ4n) is 3.50. The number of aryl methyl sites for hydroxylation is 2. The Morgan fingerprint density at radius 3 is 1.84 bits per heavy atom. The molecule has 0 N–H and O–H groups in total. The molecule has 3 aromatic carbocycles. The Morgan fingerprint density at radius 1 is 0.844 bits per heavy atom. The Hall–Kier alpha value is -1.26. The lowest BCUT2D eigenvalue weighted by molar-refractivity contribution is 0.292. The Morgan fingerprint density at radius 2 is 1.38 bits per heavy atom. The van der Waals surface area contributed by atoms with Gasteiger partial charge in [-0.2, -0.15) is 4.57 Å². The maximum Gasteiger partial charge on any atom is 0.647 e. The van der Waals surface area contributed by atoms with E-state index in [4.69, 9.17) is 71.6 Å². The van der Waals surface area contributed by atoms with Gasteiger partial charge in [-0.05, 0) is 61.9 Å². The van der Waals surface area contributed by atoms with Crippen LogP contribution in [0.5, 0.6) is 17.2 Å². The highest BCUT2D eigenvalue weighted by molar-refractivity contribution is 7.49. The molecule has 10 heteroatoms. The maximum atomic E-state index is 13.8. The molecule has 1 heterocycles. The third-order valence-electron chi connectivity index (χ3n) is 4.85. The summed E-state index contributed by atoms with van der Waals surface area (Å²) in [5, 5.41) is 0.753. The van der Waals surface area contributed by atoms with Gasteiger partial charge in [-0.3, -0.25) is 0 Å². The van der Waals surface area contributed by atoms with Crippen molar-refractivity contribution in [2.24, 2.45) is 0 Å². The number of fused-ring (bicyclic) bond motifs is 2. The van der Waals surface area contributed by atoms with Crippen molar-refractivity contribution in [2.75, 3.05) is 0 Å². The van der Waals surface area contributed by atoms with Crippen molar-refractivity contribution in [3.05, 3.63) is 86.9 Å². The van der Waals surface area contributed by atoms with Crippen LogP contribution in [0.4, 0.5) is 0 Å². The van der Waals surface area contributed by atoms with Crippen molar-refractivity contribution in [3.8, 4) is 17.2 Å². The van der Waals surface area contributed by atoms with Crippen LogP contribution in [-0.2, 0) is 4.57 Å². The highest BCUT2D eigenvalue weighted by Gasteiger charge is 2.45. The number of hydrogen-bond acceptors (Lipinski definition) is 4. The summed E-state index contributed by atoms with van der Waals surface area (Å²) in [6.07, 6.45) is 0. The molecule has 0 amide bonds. The first-order chi connectivity index (χ1) is 14.9. The predicted octanol–water partition coefficient (Wildman–Crippen LogP) is 9.07. The number of hydrogen-bond donors (Lipinski definition) is 0. The minimum absolute atomic E-state index is 0.143. The van der Waals surface area contributed by atoms with Gasteiger partial charge in [-0.15, -0.1) is 0 Å². The third kappa shape index (κ3) is 4.97. The summed E-state index contributed by atoms with van der Waals surface area (Å²) in [7, 11) is -4.24. The van der Waals surface area contributed by atoms with Gasteiger partial charge in [-0.1, -0.05) is 75.7 Å². The smallest absolute Gasteiger partial charge is 0.386 e. The highest BCUT2D eigenvalue weighted by atomic mass is 35.6. The minimum atomic E-state index is -4.24. The summed E-state index contributed by atoms with van der Waals surface area (Å²) in [6.45, 7) is 3.78. The van der Waals surface area contributed by atoms with Crippen LogP contribution < -0.4 is 13.6 Å². The summed E-state index contributed by atoms with van der Waals surface area (Å²) in [5.74, 6) is -0.248. The molecule has 0 saturated carbocycles. The van der Waals surface area contributed by atoms with E-state index in [1.807, 2.05) is 26.0 Å². The number of phosphoric acid groups is 1. The number of phosphoric ester groups is 1. The van der Waals surface area contributed by atoms with Crippen LogP contribution in [0.15, 0.2) is 54.6 Å². The zero-order valence-corrected chi connectivity index (χ0v) is 21.4. The molecule has 0 unspecified atom stereocenters. The molecule has 0 atom stereocenters. The first-order valence-corrected chi connectivity index (χ1v) is 12.7. The van der Waals surface area contributed by atoms with Crippen molar-refractivity contribution in [3.63, 3.8) is 0 Å². The molecular weight excluding hydrogens is 536 g/mol. The average molecular weight is 553 g/mol. The van der Waals surface area contributed by atoms with E-state index in [9.17, 15) is 4.57 Å². The van der Waals surface area contributed by atoms with E-state index in [0.29, 0.717) is 26.9 Å². The average Bonchev–Trinajstić information content (AvgIpc) is 2.66. The van der Waals surface area contributed by atoms with Crippen LogP contribution in [0.2, 0.25) is 10.0 Å². The van der Waals surface area contributed by atoms with Gasteiger partial charge in [0.1, 0.15) is 17.2 Å². The van der Waals surface area contributed by atoms with Crippen LogP contribution in [0, 0.1) is 13.8 Å². The lowest BCUT2D eigenvalue weighted by Gasteiger charge is -2.32. The monoisotopic (exact) mass is 550 g/mol. The molecule has 0 fully saturated rings. The SMILES string of the molecule is Cc1ccc(OP2(=O)Oc3ccc(Cl)cc3C(C(Cl)(Cl)Cl)c3cc(Cl)ccc3O2)c(C)c1. The molecule has 1 aliphatic heterocycles. The maximum absolute atomic E-state index is 13.8. The van der Waals surface area contributed by atoms with Gasteiger partial charge < -0.3 is 13.6 Å². The normalized spacial score (nSPS) is 20.2. The van der Waals surface area contributed by atoms with E-state index < -0.39 is 17.5 Å². The zero-order chi connectivity index (χ0) is 23.3. The second-order valence-electron chi connectivity index (χ2n) is 7.33. The molecule has 32 heavy (non-hydrogen) atoms. The number of halogens is 5. The lowest BCUT2D eigenvalue weighted by Crippen LogP contribution is -2.23. The Balaban J connectivity index is 1.92. The molecule has 0 bridgehead atoms. The third-order valence-corrected chi connectivity index (χ3v) is 7.24. The molecular formula is C22H16Cl5O4P. The molecule has 0 saturated heterocycles. The van der Waals surface area contributed by atoms with Gasteiger partial charge in [0, 0.05) is 21.2 Å². The van der Waals surface area contributed by atoms with Gasteiger partial charge in [0.2, 0.25) is 3.79 Å². The van der Waals surface area contributed by atoms with Crippen molar-refractivity contribution in [1.82, 2.24) is 0 Å². The second-order valence-corrected chi connectivity index (χ2v) is 12.0. The van der Waals surface area contributed by atoms with Crippen molar-refractivity contribution in [1.29, 1.82) is 0 Å². The molecule has 1 aliphatic rings. The van der Waals surface area contributed by atoms with Crippen LogP contribution >= 0.6 is 65.8 Å². The van der Waals surface area contributed by atoms with Crippen LogP contribution in [-0.4, -0.2) is 3.79 Å². The Kier molecular flexibility index (Phi) is 6.59. The molecule has 0 aliphatic carbocycles. The van der Waals surface area contributed by atoms with E-state index in [1.54, 1.807) is 30.3 Å². The van der Waals surface area contributed by atoms with E-state index in [2.05, 4.69) is 0 Å². The Labute approximate surface area is 210 Å². The zero-order valence-electron chi connectivity index (χ0n) is 16.7. The fourth-order valence-corrected chi connectivity index (χ4v) is 5.93. The summed E-state index contributed by atoms with van der Waals surface area (Å²) in [4.78, 5) is 0. The van der Waals surface area contributed by atoms with Crippen LogP contribution in [0.25, 0.3) is 0 Å². The Bertz CT molecular complexity index is 1180. The topological polar surface area (TPSA) is 44.8 Å². The summed E-state index contributed by atoms with van der Waals surface area (Å²) >= 11 is 31.6. The largest absolute Gasteiger partial charge is 0.647 e. The quantitative estimate of drug-likeness (QED) is 0.235. The summed E-state index contributed by atoms with van der Waals surface area (Å²) < 4.78 is 29.5. The molecule has 0 radical (unpaired) electrons. The number of rotatable bonds is 2. The fraction of sp³-hybridized carbons (Fsp3) is 0.182. The number of benzene rings is 3. The molecule has 4 rings (SSSR count). The van der Waals surface area contributed by atoms with Crippen LogP contribution in [0.1, 0.15) is 28.2 Å². The summed E-state index contributed by atoms with van der Waals surface area (Å²) in [5.41, 5.74) is 2.59. The lowest BCUT2D eigenvalue weighted by atomic mass is 9.91. The molecule has 168 valence electrons. The van der Waals surface area contributed by atoms with Crippen molar-refractivity contribution < 1.29 is 18.1 Å². The number of alkyl halides is 3. The van der Waals surface area contributed by atoms with E-state index in [1.165, 1.54) is 12.1 Å². The second kappa shape index (κ2) is 8.83. The van der Waals surface area contributed by atoms with Crippen molar-refractivity contribution in [2.45, 2.75) is 23.6 Å². The van der Waals surface area contributed by atoms with Gasteiger partial charge in [0.15, 0.2) is 0 Å². The minimum Gasteiger partial charge on any atom is -0.386 e. The molecule has 0 aromatic heterocycles. The predicted molar refractivity (Wildman–Crippen MR) is 130 cm³/mol. The van der Waals surface area contributed by atoms with Gasteiger partial charge in [0.05, 0.1) is 5.92 Å². The van der Waals surface area contributed by atoms with Gasteiger partial charge in [-0.25, -0.2) is 0 Å². The van der Waals surface area contributed by atoms with Crippen molar-refractivity contribution >= 4 is 65.8 Å². The van der Waals surface area contributed by atoms with E-state index in [-0.39, 0.29) is 11.5 Å². The van der Waals surface area contributed by atoms with Gasteiger partial charge in [0.25, 0.3) is 0 Å². The summed E-state index contributed by atoms with van der Waals surface area (Å²) in [6, 6.07) is 14.8. The van der Waals surface area contributed by atoms with E-state index >= 15 is 0 Å². The highest BCUT2D eigenvalue weighted by Crippen LogP contribution is 2.59.